The lowest BCUT2D eigenvalue weighted by atomic mass is 9.90. The third kappa shape index (κ3) is 5.11. The Hall–Kier alpha value is -3.12. The maximum Gasteiger partial charge on any atom is 0.245 e. The minimum absolute atomic E-state index is 0.0285. The van der Waals surface area contributed by atoms with Crippen LogP contribution in [0.25, 0.3) is 22.0 Å². The molecule has 0 spiro atoms. The van der Waals surface area contributed by atoms with E-state index in [0.29, 0.717) is 5.92 Å². The van der Waals surface area contributed by atoms with Gasteiger partial charge in [-0.2, -0.15) is 5.10 Å². The first kappa shape index (κ1) is 23.1. The van der Waals surface area contributed by atoms with Crippen molar-refractivity contribution in [2.75, 3.05) is 40.8 Å². The molecular formula is C27H34N4O2. The fourth-order valence-electron chi connectivity index (χ4n) is 4.78. The number of likely N-dealkylation sites (tertiary alicyclic amines) is 1. The van der Waals surface area contributed by atoms with Crippen LogP contribution in [-0.2, 0) is 11.3 Å². The number of amides is 1. The molecule has 0 N–H and O–H groups in total. The average Bonchev–Trinajstić information content (AvgIpc) is 3.20. The van der Waals surface area contributed by atoms with E-state index in [1.807, 2.05) is 17.0 Å². The van der Waals surface area contributed by atoms with E-state index in [-0.39, 0.29) is 5.91 Å². The SMILES string of the molecule is C=CC(=O)N1CCC(c2c3ccc(-c4cccc(OC)c4)cc3nn2CCCN(C)C)CC1. The van der Waals surface area contributed by atoms with Crippen molar-refractivity contribution in [1.82, 2.24) is 19.6 Å². The van der Waals surface area contributed by atoms with E-state index in [2.05, 4.69) is 60.6 Å². The highest BCUT2D eigenvalue weighted by Crippen LogP contribution is 2.35. The van der Waals surface area contributed by atoms with Crippen molar-refractivity contribution in [3.63, 3.8) is 0 Å². The number of carbonyl (C=O) groups is 1. The lowest BCUT2D eigenvalue weighted by Gasteiger charge is -2.32. The number of carbonyl (C=O) groups excluding carboxylic acids is 1. The fraction of sp³-hybridized carbons (Fsp3) is 0.407. The molecule has 1 fully saturated rings. The summed E-state index contributed by atoms with van der Waals surface area (Å²) in [7, 11) is 5.90. The molecule has 2 heterocycles. The first-order valence-electron chi connectivity index (χ1n) is 11.7. The van der Waals surface area contributed by atoms with Crippen LogP contribution in [0.2, 0.25) is 0 Å². The van der Waals surface area contributed by atoms with Crippen molar-refractivity contribution in [1.29, 1.82) is 0 Å². The summed E-state index contributed by atoms with van der Waals surface area (Å²) in [6, 6.07) is 14.7. The van der Waals surface area contributed by atoms with Gasteiger partial charge in [-0.05, 0) is 75.3 Å². The summed E-state index contributed by atoms with van der Waals surface area (Å²) in [5.74, 6) is 1.27. The summed E-state index contributed by atoms with van der Waals surface area (Å²) in [6.07, 6.45) is 4.36. The zero-order valence-corrected chi connectivity index (χ0v) is 20.0. The molecule has 0 unspecified atom stereocenters. The molecule has 174 valence electrons. The summed E-state index contributed by atoms with van der Waals surface area (Å²) < 4.78 is 7.63. The minimum Gasteiger partial charge on any atom is -0.497 e. The van der Waals surface area contributed by atoms with E-state index in [4.69, 9.17) is 9.84 Å². The Bertz CT molecular complexity index is 1130. The molecule has 1 aromatic heterocycles. The zero-order chi connectivity index (χ0) is 23.4. The fourth-order valence-corrected chi connectivity index (χ4v) is 4.78. The van der Waals surface area contributed by atoms with E-state index in [9.17, 15) is 4.79 Å². The van der Waals surface area contributed by atoms with Gasteiger partial charge in [-0.1, -0.05) is 30.8 Å². The lowest BCUT2D eigenvalue weighted by Crippen LogP contribution is -2.37. The van der Waals surface area contributed by atoms with Crippen LogP contribution in [0.5, 0.6) is 5.75 Å². The summed E-state index contributed by atoms with van der Waals surface area (Å²) in [5.41, 5.74) is 4.60. The number of hydrogen-bond donors (Lipinski definition) is 0. The van der Waals surface area contributed by atoms with Gasteiger partial charge in [-0.15, -0.1) is 0 Å². The van der Waals surface area contributed by atoms with Gasteiger partial charge in [0.05, 0.1) is 12.6 Å². The van der Waals surface area contributed by atoms with Gasteiger partial charge in [0.2, 0.25) is 5.91 Å². The normalized spacial score (nSPS) is 14.7. The molecule has 1 aliphatic rings. The molecule has 1 amide bonds. The van der Waals surface area contributed by atoms with Crippen molar-refractivity contribution in [3.05, 3.63) is 60.8 Å². The van der Waals surface area contributed by atoms with E-state index in [1.54, 1.807) is 7.11 Å². The van der Waals surface area contributed by atoms with Gasteiger partial charge in [-0.3, -0.25) is 9.48 Å². The van der Waals surface area contributed by atoms with Crippen molar-refractivity contribution >= 4 is 16.8 Å². The van der Waals surface area contributed by atoms with E-state index in [0.717, 1.165) is 67.8 Å². The van der Waals surface area contributed by atoms with Crippen molar-refractivity contribution in [2.45, 2.75) is 31.7 Å². The van der Waals surface area contributed by atoms with Crippen LogP contribution in [0, 0.1) is 0 Å². The Labute approximate surface area is 196 Å². The van der Waals surface area contributed by atoms with E-state index < -0.39 is 0 Å². The quantitative estimate of drug-likeness (QED) is 0.476. The van der Waals surface area contributed by atoms with Crippen LogP contribution >= 0.6 is 0 Å². The minimum atomic E-state index is 0.0285. The largest absolute Gasteiger partial charge is 0.497 e. The molecular weight excluding hydrogens is 412 g/mol. The Balaban J connectivity index is 1.67. The summed E-state index contributed by atoms with van der Waals surface area (Å²) in [5, 5.41) is 6.28. The molecule has 1 aliphatic heterocycles. The summed E-state index contributed by atoms with van der Waals surface area (Å²) in [6.45, 7) is 7.08. The van der Waals surface area contributed by atoms with Gasteiger partial charge in [0.25, 0.3) is 0 Å². The number of hydrogen-bond acceptors (Lipinski definition) is 4. The number of aryl methyl sites for hydroxylation is 1. The van der Waals surface area contributed by atoms with Crippen LogP contribution in [0.15, 0.2) is 55.1 Å². The summed E-state index contributed by atoms with van der Waals surface area (Å²) in [4.78, 5) is 16.2. The second-order valence-corrected chi connectivity index (χ2v) is 9.03. The smallest absolute Gasteiger partial charge is 0.245 e. The molecule has 4 rings (SSSR count). The number of fused-ring (bicyclic) bond motifs is 1. The number of ether oxygens (including phenoxy) is 1. The van der Waals surface area contributed by atoms with Crippen molar-refractivity contribution in [3.8, 4) is 16.9 Å². The highest BCUT2D eigenvalue weighted by atomic mass is 16.5. The van der Waals surface area contributed by atoms with Gasteiger partial charge >= 0.3 is 0 Å². The maximum atomic E-state index is 12.0. The number of piperidine rings is 1. The molecule has 0 radical (unpaired) electrons. The highest BCUT2D eigenvalue weighted by molar-refractivity contribution is 5.88. The van der Waals surface area contributed by atoms with E-state index in [1.165, 1.54) is 17.2 Å². The molecule has 33 heavy (non-hydrogen) atoms. The third-order valence-electron chi connectivity index (χ3n) is 6.53. The molecule has 0 aliphatic carbocycles. The Kier molecular flexibility index (Phi) is 7.14. The maximum absolute atomic E-state index is 12.0. The van der Waals surface area contributed by atoms with Gasteiger partial charge in [-0.25, -0.2) is 0 Å². The highest BCUT2D eigenvalue weighted by Gasteiger charge is 2.27. The summed E-state index contributed by atoms with van der Waals surface area (Å²) >= 11 is 0. The number of nitrogens with zero attached hydrogens (tertiary/aromatic N) is 4. The first-order chi connectivity index (χ1) is 16.0. The van der Waals surface area contributed by atoms with E-state index >= 15 is 0 Å². The van der Waals surface area contributed by atoms with Gasteiger partial charge in [0.15, 0.2) is 0 Å². The van der Waals surface area contributed by atoms with Crippen LogP contribution in [0.4, 0.5) is 0 Å². The molecule has 6 heteroatoms. The predicted molar refractivity (Wildman–Crippen MR) is 134 cm³/mol. The molecule has 1 saturated heterocycles. The number of aromatic nitrogens is 2. The standard InChI is InChI=1S/C27H34N4O2/c1-5-26(32)30-16-12-20(13-17-30)27-24-11-10-22(21-8-6-9-23(18-21)33-4)19-25(24)28-31(27)15-7-14-29(2)3/h5-6,8-11,18-20H,1,7,12-17H2,2-4H3. The van der Waals surface area contributed by atoms with Crippen LogP contribution in [0.3, 0.4) is 0 Å². The second kappa shape index (κ2) is 10.2. The predicted octanol–water partition coefficient (Wildman–Crippen LogP) is 4.56. The second-order valence-electron chi connectivity index (χ2n) is 9.03. The topological polar surface area (TPSA) is 50.6 Å². The van der Waals surface area contributed by atoms with Gasteiger partial charge < -0.3 is 14.5 Å². The van der Waals surface area contributed by atoms with Crippen LogP contribution in [0.1, 0.15) is 30.9 Å². The number of rotatable bonds is 8. The van der Waals surface area contributed by atoms with Crippen LogP contribution in [-0.4, -0.2) is 66.3 Å². The van der Waals surface area contributed by atoms with Crippen molar-refractivity contribution < 1.29 is 9.53 Å². The lowest BCUT2D eigenvalue weighted by molar-refractivity contribution is -0.127. The zero-order valence-electron chi connectivity index (χ0n) is 20.0. The molecule has 0 bridgehead atoms. The molecule has 2 aromatic carbocycles. The molecule has 6 nitrogen and oxygen atoms in total. The van der Waals surface area contributed by atoms with Gasteiger partial charge in [0, 0.05) is 36.6 Å². The monoisotopic (exact) mass is 446 g/mol. The van der Waals surface area contributed by atoms with Gasteiger partial charge in [0.1, 0.15) is 5.75 Å². The Morgan fingerprint density at radius 1 is 1.18 bits per heavy atom. The number of methoxy groups -OCH3 is 1. The third-order valence-corrected chi connectivity index (χ3v) is 6.53. The Morgan fingerprint density at radius 2 is 1.94 bits per heavy atom. The number of benzene rings is 2. The average molecular weight is 447 g/mol. The van der Waals surface area contributed by atoms with Crippen molar-refractivity contribution in [2.24, 2.45) is 0 Å². The molecule has 3 aromatic rings. The molecule has 0 saturated carbocycles. The van der Waals surface area contributed by atoms with Crippen LogP contribution < -0.4 is 4.74 Å². The first-order valence-corrected chi connectivity index (χ1v) is 11.7. The molecule has 0 atom stereocenters. The Morgan fingerprint density at radius 3 is 2.64 bits per heavy atom.